The molecule has 0 unspecified atom stereocenters. The number of hydrogen-bond donors (Lipinski definition) is 4. The number of benzene rings is 2. The van der Waals surface area contributed by atoms with Gasteiger partial charge in [0.15, 0.2) is 0 Å². The lowest BCUT2D eigenvalue weighted by Gasteiger charge is -2.10. The molecule has 2 aromatic carbocycles. The van der Waals surface area contributed by atoms with Crippen LogP contribution < -0.4 is 5.73 Å². The number of anilines is 1. The van der Waals surface area contributed by atoms with Gasteiger partial charge >= 0.3 is 0 Å². The van der Waals surface area contributed by atoms with E-state index < -0.39 is 56.1 Å². The van der Waals surface area contributed by atoms with Gasteiger partial charge in [-0.25, -0.2) is 0 Å². The van der Waals surface area contributed by atoms with Crippen LogP contribution in [-0.2, 0) is 30.4 Å². The average molecular weight is 383 g/mol. The number of nitrogen functional groups attached to an aromatic ring is 1. The Hall–Kier alpha value is -1.77. The quantitative estimate of drug-likeness (QED) is 0.419. The molecule has 0 aliphatic carbocycles. The Morgan fingerprint density at radius 1 is 0.652 bits per heavy atom. The molecule has 126 valence electrons. The summed E-state index contributed by atoms with van der Waals surface area (Å²) in [5.41, 5.74) is 5.15. The fraction of sp³-hybridized carbons (Fsp3) is 0. The van der Waals surface area contributed by atoms with Crippen LogP contribution in [0.4, 0.5) is 5.69 Å². The van der Waals surface area contributed by atoms with E-state index in [-0.39, 0.29) is 5.39 Å². The summed E-state index contributed by atoms with van der Waals surface area (Å²) in [6.07, 6.45) is 0. The molecule has 23 heavy (non-hydrogen) atoms. The lowest BCUT2D eigenvalue weighted by Crippen LogP contribution is -2.07. The molecule has 10 nitrogen and oxygen atoms in total. The first kappa shape index (κ1) is 17.6. The molecule has 2 rings (SSSR count). The highest BCUT2D eigenvalue weighted by atomic mass is 32.2. The standard InChI is InChI=1S/C10H9NO9S3/c11-9-3-5(21(12,13)14)2-8-7(9)1-6(22(15,16)17)4-10(8)23(18,19)20/h1-4H,11H2,(H,12,13,14)(H,15,16,17)(H,18,19,20). The highest BCUT2D eigenvalue weighted by Crippen LogP contribution is 2.33. The SMILES string of the molecule is Nc1cc(S(=O)(=O)O)cc2c(S(=O)(=O)O)cc(S(=O)(=O)O)cc12. The zero-order chi connectivity index (χ0) is 17.8. The van der Waals surface area contributed by atoms with Gasteiger partial charge in [0.1, 0.15) is 4.90 Å². The lowest BCUT2D eigenvalue weighted by molar-refractivity contribution is 0.478. The van der Waals surface area contributed by atoms with Crippen molar-refractivity contribution in [2.45, 2.75) is 14.7 Å². The molecule has 0 radical (unpaired) electrons. The molecule has 0 saturated heterocycles. The fourth-order valence-electron chi connectivity index (χ4n) is 1.92. The maximum absolute atomic E-state index is 11.4. The topological polar surface area (TPSA) is 189 Å². The van der Waals surface area contributed by atoms with Crippen LogP contribution in [0.1, 0.15) is 0 Å². The Morgan fingerprint density at radius 3 is 1.52 bits per heavy atom. The summed E-state index contributed by atoms with van der Waals surface area (Å²) in [7, 11) is -14.6. The molecule has 0 fully saturated rings. The normalized spacial score (nSPS) is 13.3. The van der Waals surface area contributed by atoms with Gasteiger partial charge in [0.05, 0.1) is 9.79 Å². The van der Waals surface area contributed by atoms with E-state index in [1.165, 1.54) is 0 Å². The first-order valence-electron chi connectivity index (χ1n) is 5.51. The summed E-state index contributed by atoms with van der Waals surface area (Å²) in [6, 6.07) is 2.68. The molecule has 2 aromatic rings. The Bertz CT molecular complexity index is 1130. The monoisotopic (exact) mass is 383 g/mol. The van der Waals surface area contributed by atoms with Gasteiger partial charge in [-0.3, -0.25) is 13.7 Å². The van der Waals surface area contributed by atoms with Crippen LogP contribution in [0.15, 0.2) is 39.0 Å². The minimum Gasteiger partial charge on any atom is -0.398 e. The Labute approximate surface area is 130 Å². The van der Waals surface area contributed by atoms with E-state index in [0.717, 1.165) is 12.1 Å². The van der Waals surface area contributed by atoms with E-state index >= 15 is 0 Å². The summed E-state index contributed by atoms with van der Waals surface area (Å²) in [4.78, 5) is -2.63. The van der Waals surface area contributed by atoms with E-state index in [0.29, 0.717) is 12.1 Å². The molecule has 0 atom stereocenters. The van der Waals surface area contributed by atoms with Crippen LogP contribution in [0.25, 0.3) is 10.8 Å². The maximum atomic E-state index is 11.4. The van der Waals surface area contributed by atoms with Crippen LogP contribution in [0, 0.1) is 0 Å². The van der Waals surface area contributed by atoms with Crippen LogP contribution in [-0.4, -0.2) is 38.9 Å². The molecular weight excluding hydrogens is 374 g/mol. The first-order chi connectivity index (χ1) is 10.2. The van der Waals surface area contributed by atoms with Crippen molar-refractivity contribution in [3.63, 3.8) is 0 Å². The molecule has 0 aliphatic heterocycles. The van der Waals surface area contributed by atoms with Crippen LogP contribution in [0.2, 0.25) is 0 Å². The second-order valence-corrected chi connectivity index (χ2v) is 8.69. The van der Waals surface area contributed by atoms with Gasteiger partial charge in [0.2, 0.25) is 0 Å². The molecule has 0 spiro atoms. The second-order valence-electron chi connectivity index (χ2n) is 4.45. The summed E-state index contributed by atoms with van der Waals surface area (Å²) in [5.74, 6) is 0. The minimum atomic E-state index is -5.00. The molecule has 0 saturated carbocycles. The van der Waals surface area contributed by atoms with E-state index in [1.54, 1.807) is 0 Å². The minimum absolute atomic E-state index is 0.264. The molecule has 0 amide bonds. The van der Waals surface area contributed by atoms with Gasteiger partial charge in [-0.15, -0.1) is 0 Å². The molecule has 5 N–H and O–H groups in total. The maximum Gasteiger partial charge on any atom is 0.295 e. The number of fused-ring (bicyclic) bond motifs is 1. The van der Waals surface area contributed by atoms with E-state index in [2.05, 4.69) is 0 Å². The highest BCUT2D eigenvalue weighted by Gasteiger charge is 2.23. The lowest BCUT2D eigenvalue weighted by atomic mass is 10.1. The van der Waals surface area contributed by atoms with E-state index in [4.69, 9.17) is 14.8 Å². The van der Waals surface area contributed by atoms with Crippen molar-refractivity contribution in [3.05, 3.63) is 24.3 Å². The van der Waals surface area contributed by atoms with E-state index in [9.17, 15) is 29.8 Å². The number of nitrogens with two attached hydrogens (primary N) is 1. The van der Waals surface area contributed by atoms with Gasteiger partial charge < -0.3 is 5.73 Å². The third-order valence-electron chi connectivity index (χ3n) is 2.88. The predicted molar refractivity (Wildman–Crippen MR) is 77.8 cm³/mol. The molecule has 0 bridgehead atoms. The van der Waals surface area contributed by atoms with Crippen molar-refractivity contribution in [2.24, 2.45) is 0 Å². The molecule has 0 heterocycles. The Morgan fingerprint density at radius 2 is 1.09 bits per heavy atom. The molecule has 13 heteroatoms. The fourth-order valence-corrected chi connectivity index (χ4v) is 3.79. The second kappa shape index (κ2) is 5.12. The predicted octanol–water partition coefficient (Wildman–Crippen LogP) is 0.162. The van der Waals surface area contributed by atoms with Crippen molar-refractivity contribution in [3.8, 4) is 0 Å². The van der Waals surface area contributed by atoms with Crippen LogP contribution in [0.3, 0.4) is 0 Å². The van der Waals surface area contributed by atoms with Gasteiger partial charge in [-0.1, -0.05) is 0 Å². The van der Waals surface area contributed by atoms with Crippen molar-refractivity contribution in [2.75, 3.05) is 5.73 Å². The van der Waals surface area contributed by atoms with Crippen molar-refractivity contribution >= 4 is 46.8 Å². The van der Waals surface area contributed by atoms with Gasteiger partial charge in [-0.2, -0.15) is 25.3 Å². The third kappa shape index (κ3) is 3.44. The molecule has 0 aromatic heterocycles. The van der Waals surface area contributed by atoms with Crippen molar-refractivity contribution in [1.82, 2.24) is 0 Å². The summed E-state index contributed by atoms with van der Waals surface area (Å²) in [6.45, 7) is 0. The van der Waals surface area contributed by atoms with Crippen molar-refractivity contribution < 1.29 is 38.9 Å². The van der Waals surface area contributed by atoms with Crippen LogP contribution >= 0.6 is 0 Å². The van der Waals surface area contributed by atoms with Gasteiger partial charge in [0.25, 0.3) is 30.4 Å². The first-order valence-corrected chi connectivity index (χ1v) is 9.83. The summed E-state index contributed by atoms with van der Waals surface area (Å²) < 4.78 is 94.8. The number of rotatable bonds is 3. The van der Waals surface area contributed by atoms with Gasteiger partial charge in [0, 0.05) is 16.5 Å². The molecular formula is C10H9NO9S3. The third-order valence-corrected chi connectivity index (χ3v) is 5.44. The van der Waals surface area contributed by atoms with Crippen molar-refractivity contribution in [1.29, 1.82) is 0 Å². The smallest absolute Gasteiger partial charge is 0.295 e. The summed E-state index contributed by atoms with van der Waals surface area (Å²) >= 11 is 0. The van der Waals surface area contributed by atoms with E-state index in [1.807, 2.05) is 0 Å². The largest absolute Gasteiger partial charge is 0.398 e. The Balaban J connectivity index is 3.13. The Kier molecular flexibility index (Phi) is 3.91. The van der Waals surface area contributed by atoms with Crippen LogP contribution in [0.5, 0.6) is 0 Å². The zero-order valence-electron chi connectivity index (χ0n) is 10.9. The number of hydrogen-bond acceptors (Lipinski definition) is 7. The molecule has 0 aliphatic rings. The van der Waals surface area contributed by atoms with Gasteiger partial charge in [-0.05, 0) is 24.3 Å². The summed E-state index contributed by atoms with van der Waals surface area (Å²) in [5, 5.41) is -0.715. The highest BCUT2D eigenvalue weighted by molar-refractivity contribution is 7.87. The zero-order valence-corrected chi connectivity index (χ0v) is 13.4. The average Bonchev–Trinajstić information content (AvgIpc) is 2.34.